The molecule has 0 saturated carbocycles. The van der Waals surface area contributed by atoms with Crippen LogP contribution in [0.1, 0.15) is 26.4 Å². The van der Waals surface area contributed by atoms with E-state index >= 15 is 0 Å². The van der Waals surface area contributed by atoms with Crippen LogP contribution in [0.5, 0.6) is 5.75 Å². The van der Waals surface area contributed by atoms with Crippen LogP contribution >= 0.6 is 11.3 Å². The van der Waals surface area contributed by atoms with Crippen LogP contribution in [-0.4, -0.2) is 5.91 Å². The average molecular weight is 413 g/mol. The van der Waals surface area contributed by atoms with Crippen LogP contribution in [0, 0.1) is 18.3 Å². The minimum atomic E-state index is -0.109. The highest BCUT2D eigenvalue weighted by atomic mass is 32.1. The number of aryl methyl sites for hydroxylation is 1. The summed E-state index contributed by atoms with van der Waals surface area (Å²) >= 11 is 1.51. The molecule has 0 aliphatic heterocycles. The van der Waals surface area contributed by atoms with Crippen LogP contribution in [0.15, 0.2) is 72.8 Å². The lowest BCUT2D eigenvalue weighted by Gasteiger charge is -2.12. The number of hydrogen-bond acceptors (Lipinski definition) is 4. The second kappa shape index (κ2) is 8.81. The molecule has 0 spiro atoms. The van der Waals surface area contributed by atoms with Crippen LogP contribution in [0.3, 0.4) is 0 Å². The Hall–Kier alpha value is -3.62. The first-order valence-electron chi connectivity index (χ1n) is 9.62. The summed E-state index contributed by atoms with van der Waals surface area (Å²) < 4.78 is 7.00. The Morgan fingerprint density at radius 2 is 1.77 bits per heavy atom. The second-order valence-electron chi connectivity index (χ2n) is 6.93. The lowest BCUT2D eigenvalue weighted by atomic mass is 10.1. The molecule has 0 aliphatic rings. The van der Waals surface area contributed by atoms with Gasteiger partial charge in [0.1, 0.15) is 12.4 Å². The topological polar surface area (TPSA) is 62.1 Å². The molecule has 0 saturated heterocycles. The molecule has 0 unspecified atom stereocenters. The van der Waals surface area contributed by atoms with Crippen LogP contribution in [-0.2, 0) is 13.0 Å². The first kappa shape index (κ1) is 19.7. The maximum Gasteiger partial charge on any atom is 0.266 e. The van der Waals surface area contributed by atoms with Crippen molar-refractivity contribution in [1.82, 2.24) is 0 Å². The predicted molar refractivity (Wildman–Crippen MR) is 121 cm³/mol. The standard InChI is InChI=1S/C25H20N2O2S/c1-17-21-7-3-5-9-23(21)30-24(17)25(28)27-22-8-4-2-6-19(22)16-29-20-12-10-18(11-13-20)14-15-26/h2-13H,14,16H2,1H3,(H,27,28). The number of hydrogen-bond donors (Lipinski definition) is 1. The van der Waals surface area contributed by atoms with Crippen LogP contribution in [0.2, 0.25) is 0 Å². The third-order valence-corrected chi connectivity index (χ3v) is 6.19. The van der Waals surface area contributed by atoms with E-state index in [-0.39, 0.29) is 5.91 Å². The maximum absolute atomic E-state index is 13.0. The number of thiophene rings is 1. The Morgan fingerprint density at radius 1 is 1.03 bits per heavy atom. The van der Waals surface area contributed by atoms with E-state index in [0.717, 1.165) is 43.1 Å². The summed E-state index contributed by atoms with van der Waals surface area (Å²) in [5, 5.41) is 12.9. The van der Waals surface area contributed by atoms with Crippen molar-refractivity contribution in [3.05, 3.63) is 94.4 Å². The number of fused-ring (bicyclic) bond motifs is 1. The van der Waals surface area contributed by atoms with Crippen molar-refractivity contribution in [1.29, 1.82) is 5.26 Å². The molecule has 0 atom stereocenters. The molecular formula is C25H20N2O2S. The molecular weight excluding hydrogens is 392 g/mol. The van der Waals surface area contributed by atoms with Gasteiger partial charge in [0, 0.05) is 16.0 Å². The van der Waals surface area contributed by atoms with Gasteiger partial charge in [-0.2, -0.15) is 5.26 Å². The number of ether oxygens (including phenoxy) is 1. The molecule has 4 nitrogen and oxygen atoms in total. The van der Waals surface area contributed by atoms with Crippen molar-refractivity contribution in [3.63, 3.8) is 0 Å². The number of nitrogens with one attached hydrogen (secondary N) is 1. The van der Waals surface area contributed by atoms with Crippen molar-refractivity contribution in [2.45, 2.75) is 20.0 Å². The molecule has 1 heterocycles. The molecule has 4 aromatic rings. The first-order chi connectivity index (χ1) is 14.7. The lowest BCUT2D eigenvalue weighted by molar-refractivity contribution is 0.103. The smallest absolute Gasteiger partial charge is 0.266 e. The number of anilines is 1. The van der Waals surface area contributed by atoms with Gasteiger partial charge < -0.3 is 10.1 Å². The molecule has 0 bridgehead atoms. The van der Waals surface area contributed by atoms with E-state index in [1.54, 1.807) is 0 Å². The van der Waals surface area contributed by atoms with E-state index in [1.165, 1.54) is 11.3 Å². The van der Waals surface area contributed by atoms with Gasteiger partial charge in [0.25, 0.3) is 5.91 Å². The number of nitriles is 1. The highest BCUT2D eigenvalue weighted by Gasteiger charge is 2.16. The monoisotopic (exact) mass is 412 g/mol. The van der Waals surface area contributed by atoms with Crippen molar-refractivity contribution in [2.24, 2.45) is 0 Å². The summed E-state index contributed by atoms with van der Waals surface area (Å²) in [5.41, 5.74) is 3.58. The number of carbonyl (C=O) groups is 1. The number of para-hydroxylation sites is 1. The summed E-state index contributed by atoms with van der Waals surface area (Å²) in [6, 6.07) is 25.3. The summed E-state index contributed by atoms with van der Waals surface area (Å²) in [5.74, 6) is 0.611. The Kier molecular flexibility index (Phi) is 5.78. The zero-order valence-electron chi connectivity index (χ0n) is 16.5. The van der Waals surface area contributed by atoms with Crippen LogP contribution < -0.4 is 10.1 Å². The zero-order valence-corrected chi connectivity index (χ0v) is 17.3. The summed E-state index contributed by atoms with van der Waals surface area (Å²) in [6.45, 7) is 2.32. The molecule has 1 amide bonds. The fourth-order valence-corrected chi connectivity index (χ4v) is 4.40. The Labute approximate surface area is 179 Å². The molecule has 1 N–H and O–H groups in total. The van der Waals surface area contributed by atoms with Crippen molar-refractivity contribution >= 4 is 33.0 Å². The van der Waals surface area contributed by atoms with Crippen LogP contribution in [0.4, 0.5) is 5.69 Å². The SMILES string of the molecule is Cc1c(C(=O)Nc2ccccc2COc2ccc(CC#N)cc2)sc2ccccc12. The van der Waals surface area contributed by atoms with E-state index in [1.807, 2.05) is 79.7 Å². The molecule has 3 aromatic carbocycles. The van der Waals surface area contributed by atoms with E-state index in [2.05, 4.69) is 11.4 Å². The fraction of sp³-hybridized carbons (Fsp3) is 0.120. The Balaban J connectivity index is 1.49. The summed E-state index contributed by atoms with van der Waals surface area (Å²) in [7, 11) is 0. The minimum Gasteiger partial charge on any atom is -0.489 e. The number of benzene rings is 3. The largest absolute Gasteiger partial charge is 0.489 e. The minimum absolute atomic E-state index is 0.109. The van der Waals surface area contributed by atoms with E-state index < -0.39 is 0 Å². The van der Waals surface area contributed by atoms with Gasteiger partial charge in [0.2, 0.25) is 0 Å². The molecule has 1 aromatic heterocycles. The van der Waals surface area contributed by atoms with Crippen LogP contribution in [0.25, 0.3) is 10.1 Å². The average Bonchev–Trinajstić information content (AvgIpc) is 3.11. The van der Waals surface area contributed by atoms with E-state index in [9.17, 15) is 4.79 Å². The Morgan fingerprint density at radius 3 is 2.53 bits per heavy atom. The van der Waals surface area contributed by atoms with Gasteiger partial charge >= 0.3 is 0 Å². The van der Waals surface area contributed by atoms with E-state index in [0.29, 0.717) is 13.0 Å². The molecule has 148 valence electrons. The number of carbonyl (C=O) groups excluding carboxylic acids is 1. The van der Waals surface area contributed by atoms with Crippen molar-refractivity contribution in [3.8, 4) is 11.8 Å². The molecule has 30 heavy (non-hydrogen) atoms. The highest BCUT2D eigenvalue weighted by molar-refractivity contribution is 7.21. The Bertz CT molecular complexity index is 1240. The van der Waals surface area contributed by atoms with Gasteiger partial charge in [0.15, 0.2) is 0 Å². The molecule has 0 fully saturated rings. The van der Waals surface area contributed by atoms with Gasteiger partial charge in [0.05, 0.1) is 17.4 Å². The van der Waals surface area contributed by atoms with Crippen molar-refractivity contribution in [2.75, 3.05) is 5.32 Å². The summed E-state index contributed by atoms with van der Waals surface area (Å²) in [6.07, 6.45) is 0.381. The lowest BCUT2D eigenvalue weighted by Crippen LogP contribution is -2.13. The van der Waals surface area contributed by atoms with Gasteiger partial charge in [-0.3, -0.25) is 4.79 Å². The quantitative estimate of drug-likeness (QED) is 0.416. The maximum atomic E-state index is 13.0. The van der Waals surface area contributed by atoms with E-state index in [4.69, 9.17) is 10.00 Å². The fourth-order valence-electron chi connectivity index (χ4n) is 3.29. The number of rotatable bonds is 6. The number of amides is 1. The second-order valence-corrected chi connectivity index (χ2v) is 7.98. The summed E-state index contributed by atoms with van der Waals surface area (Å²) in [4.78, 5) is 13.7. The van der Waals surface area contributed by atoms with Gasteiger partial charge in [-0.25, -0.2) is 0 Å². The van der Waals surface area contributed by atoms with Crippen molar-refractivity contribution < 1.29 is 9.53 Å². The van der Waals surface area contributed by atoms with Gasteiger partial charge in [-0.1, -0.05) is 48.5 Å². The van der Waals surface area contributed by atoms with Gasteiger partial charge in [-0.05, 0) is 47.7 Å². The molecule has 0 aliphatic carbocycles. The zero-order chi connectivity index (χ0) is 20.9. The molecule has 0 radical (unpaired) electrons. The first-order valence-corrected chi connectivity index (χ1v) is 10.4. The third-order valence-electron chi connectivity index (χ3n) is 4.92. The third kappa shape index (κ3) is 4.19. The van der Waals surface area contributed by atoms with Gasteiger partial charge in [-0.15, -0.1) is 11.3 Å². The normalized spacial score (nSPS) is 10.5. The predicted octanol–water partition coefficient (Wildman–Crippen LogP) is 6.11. The molecule has 4 rings (SSSR count). The molecule has 5 heteroatoms. The number of nitrogens with zero attached hydrogens (tertiary/aromatic N) is 1. The highest BCUT2D eigenvalue weighted by Crippen LogP contribution is 2.31.